The van der Waals surface area contributed by atoms with E-state index < -0.39 is 21.8 Å². The number of hydrogen-bond acceptors (Lipinski definition) is 5. The highest BCUT2D eigenvalue weighted by atomic mass is 32.2. The van der Waals surface area contributed by atoms with E-state index in [0.717, 1.165) is 5.56 Å². The molecule has 29 heavy (non-hydrogen) atoms. The van der Waals surface area contributed by atoms with Crippen LogP contribution in [0.5, 0.6) is 0 Å². The van der Waals surface area contributed by atoms with Gasteiger partial charge in [-0.05, 0) is 61.5 Å². The Bertz CT molecular complexity index is 1130. The average molecular weight is 414 g/mol. The highest BCUT2D eigenvalue weighted by Gasteiger charge is 2.22. The van der Waals surface area contributed by atoms with Crippen LogP contribution in [0.1, 0.15) is 15.9 Å². The van der Waals surface area contributed by atoms with Crippen molar-refractivity contribution < 1.29 is 22.3 Å². The summed E-state index contributed by atoms with van der Waals surface area (Å²) in [7, 11) is -2.83. The van der Waals surface area contributed by atoms with Gasteiger partial charge < -0.3 is 10.1 Å². The molecule has 0 aliphatic heterocycles. The second-order valence-corrected chi connectivity index (χ2v) is 7.96. The summed E-state index contributed by atoms with van der Waals surface area (Å²) in [5.74, 6) is -1.07. The zero-order valence-electron chi connectivity index (χ0n) is 15.8. The molecule has 0 aromatic heterocycles. The Labute approximate surface area is 168 Å². The molecule has 0 spiro atoms. The Morgan fingerprint density at radius 2 is 1.55 bits per heavy atom. The number of hydrogen-bond donors (Lipinski definition) is 2. The lowest BCUT2D eigenvalue weighted by Crippen LogP contribution is -2.16. The zero-order chi connectivity index (χ0) is 21.0. The van der Waals surface area contributed by atoms with E-state index in [1.54, 1.807) is 24.3 Å². The van der Waals surface area contributed by atoms with Gasteiger partial charge in [0, 0.05) is 11.4 Å². The van der Waals surface area contributed by atoms with Crippen LogP contribution in [0.2, 0.25) is 0 Å². The highest BCUT2D eigenvalue weighted by molar-refractivity contribution is 7.92. The van der Waals surface area contributed by atoms with Gasteiger partial charge in [0.05, 0.1) is 18.4 Å². The molecule has 0 fully saturated rings. The van der Waals surface area contributed by atoms with Gasteiger partial charge >= 0.3 is 5.97 Å². The standard InChI is InChI=1S/C21H19FN2O4S/c1-14-3-8-18(9-4-14)24-29(26,27)20-13-15(21(25)28-2)5-12-19(20)23-17-10-6-16(22)7-11-17/h3-13,23-24H,1-2H3. The van der Waals surface area contributed by atoms with Crippen LogP contribution in [-0.4, -0.2) is 21.5 Å². The Balaban J connectivity index is 2.03. The van der Waals surface area contributed by atoms with E-state index in [-0.39, 0.29) is 16.1 Å². The van der Waals surface area contributed by atoms with Gasteiger partial charge in [-0.3, -0.25) is 4.72 Å². The Hall–Kier alpha value is -3.39. The maximum Gasteiger partial charge on any atom is 0.337 e. The van der Waals surface area contributed by atoms with E-state index in [9.17, 15) is 17.6 Å². The van der Waals surface area contributed by atoms with Crippen molar-refractivity contribution in [2.75, 3.05) is 17.1 Å². The predicted octanol–water partition coefficient (Wildman–Crippen LogP) is 4.47. The average Bonchev–Trinajstić information content (AvgIpc) is 2.71. The molecular weight excluding hydrogens is 395 g/mol. The lowest BCUT2D eigenvalue weighted by Gasteiger charge is -2.15. The van der Waals surface area contributed by atoms with Crippen LogP contribution in [0.4, 0.5) is 21.5 Å². The summed E-state index contributed by atoms with van der Waals surface area (Å²) in [5, 5.41) is 2.95. The molecule has 0 heterocycles. The maximum absolute atomic E-state index is 13.2. The molecule has 0 atom stereocenters. The maximum atomic E-state index is 13.2. The minimum Gasteiger partial charge on any atom is -0.465 e. The molecule has 0 radical (unpaired) electrons. The molecule has 0 bridgehead atoms. The van der Waals surface area contributed by atoms with Crippen molar-refractivity contribution >= 4 is 33.1 Å². The van der Waals surface area contributed by atoms with Gasteiger partial charge in [-0.25, -0.2) is 17.6 Å². The number of carbonyl (C=O) groups is 1. The number of esters is 1. The Morgan fingerprint density at radius 1 is 0.931 bits per heavy atom. The van der Waals surface area contributed by atoms with Crippen molar-refractivity contribution in [3.63, 3.8) is 0 Å². The van der Waals surface area contributed by atoms with Crippen LogP contribution in [0.15, 0.2) is 71.6 Å². The van der Waals surface area contributed by atoms with Gasteiger partial charge in [-0.2, -0.15) is 0 Å². The third-order valence-corrected chi connectivity index (χ3v) is 5.54. The van der Waals surface area contributed by atoms with E-state index in [4.69, 9.17) is 4.74 Å². The van der Waals surface area contributed by atoms with Gasteiger partial charge in [-0.15, -0.1) is 0 Å². The fourth-order valence-electron chi connectivity index (χ4n) is 2.61. The number of halogens is 1. The van der Waals surface area contributed by atoms with Gasteiger partial charge in [0.25, 0.3) is 10.0 Å². The number of rotatable bonds is 6. The third-order valence-electron chi connectivity index (χ3n) is 4.12. The van der Waals surface area contributed by atoms with Crippen LogP contribution < -0.4 is 10.0 Å². The lowest BCUT2D eigenvalue weighted by molar-refractivity contribution is 0.0600. The molecule has 0 saturated carbocycles. The topological polar surface area (TPSA) is 84.5 Å². The summed E-state index contributed by atoms with van der Waals surface area (Å²) < 4.78 is 46.5. The number of sulfonamides is 1. The minimum atomic E-state index is -4.04. The van der Waals surface area contributed by atoms with Crippen LogP contribution >= 0.6 is 0 Å². The van der Waals surface area contributed by atoms with Crippen molar-refractivity contribution in [1.29, 1.82) is 0 Å². The summed E-state index contributed by atoms with van der Waals surface area (Å²) >= 11 is 0. The first kappa shape index (κ1) is 20.3. The summed E-state index contributed by atoms with van der Waals surface area (Å²) in [6, 6.07) is 16.4. The zero-order valence-corrected chi connectivity index (χ0v) is 16.6. The van der Waals surface area contributed by atoms with Crippen LogP contribution in [0.3, 0.4) is 0 Å². The minimum absolute atomic E-state index is 0.0847. The Morgan fingerprint density at radius 3 is 2.17 bits per heavy atom. The van der Waals surface area contributed by atoms with E-state index >= 15 is 0 Å². The molecule has 3 rings (SSSR count). The van der Waals surface area contributed by atoms with Crippen LogP contribution in [0.25, 0.3) is 0 Å². The first-order valence-corrected chi connectivity index (χ1v) is 10.1. The smallest absolute Gasteiger partial charge is 0.337 e. The molecule has 3 aromatic carbocycles. The van der Waals surface area contributed by atoms with E-state index in [0.29, 0.717) is 11.4 Å². The molecule has 0 aliphatic carbocycles. The SMILES string of the molecule is COC(=O)c1ccc(Nc2ccc(F)cc2)c(S(=O)(=O)Nc2ccc(C)cc2)c1. The number of aryl methyl sites for hydroxylation is 1. The highest BCUT2D eigenvalue weighted by Crippen LogP contribution is 2.28. The largest absolute Gasteiger partial charge is 0.465 e. The van der Waals surface area contributed by atoms with Crippen molar-refractivity contribution in [3.8, 4) is 0 Å². The number of carbonyl (C=O) groups excluding carboxylic acids is 1. The van der Waals surface area contributed by atoms with E-state index in [1.165, 1.54) is 49.6 Å². The molecule has 3 aromatic rings. The Kier molecular flexibility index (Phi) is 5.84. The van der Waals surface area contributed by atoms with Crippen LogP contribution in [0, 0.1) is 12.7 Å². The molecule has 0 aliphatic rings. The number of benzene rings is 3. The third kappa shape index (κ3) is 4.91. The fraction of sp³-hybridized carbons (Fsp3) is 0.0952. The fourth-order valence-corrected chi connectivity index (χ4v) is 3.86. The van der Waals surface area contributed by atoms with Gasteiger partial charge in [0.15, 0.2) is 0 Å². The number of anilines is 3. The molecule has 0 amide bonds. The summed E-state index contributed by atoms with van der Waals surface area (Å²) in [4.78, 5) is 11.7. The molecule has 150 valence electrons. The molecular formula is C21H19FN2O4S. The van der Waals surface area contributed by atoms with E-state index in [1.807, 2.05) is 6.92 Å². The van der Waals surface area contributed by atoms with Crippen molar-refractivity contribution in [3.05, 3.63) is 83.7 Å². The second kappa shape index (κ2) is 8.32. The molecule has 0 saturated heterocycles. The number of ether oxygens (including phenoxy) is 1. The summed E-state index contributed by atoms with van der Waals surface area (Å²) in [5.41, 5.74) is 2.17. The summed E-state index contributed by atoms with van der Waals surface area (Å²) in [6.07, 6.45) is 0. The first-order chi connectivity index (χ1) is 13.8. The summed E-state index contributed by atoms with van der Waals surface area (Å²) in [6.45, 7) is 1.89. The van der Waals surface area contributed by atoms with Crippen molar-refractivity contribution in [2.45, 2.75) is 11.8 Å². The van der Waals surface area contributed by atoms with Crippen LogP contribution in [-0.2, 0) is 14.8 Å². The second-order valence-electron chi connectivity index (χ2n) is 6.31. The first-order valence-electron chi connectivity index (χ1n) is 8.63. The quantitative estimate of drug-likeness (QED) is 0.582. The van der Waals surface area contributed by atoms with E-state index in [2.05, 4.69) is 10.0 Å². The predicted molar refractivity (Wildman–Crippen MR) is 109 cm³/mol. The van der Waals surface area contributed by atoms with Gasteiger partial charge in [0.2, 0.25) is 0 Å². The van der Waals surface area contributed by atoms with Crippen molar-refractivity contribution in [2.24, 2.45) is 0 Å². The van der Waals surface area contributed by atoms with Gasteiger partial charge in [-0.1, -0.05) is 17.7 Å². The molecule has 6 nitrogen and oxygen atoms in total. The number of methoxy groups -OCH3 is 1. The lowest BCUT2D eigenvalue weighted by atomic mass is 10.2. The number of nitrogens with one attached hydrogen (secondary N) is 2. The normalized spacial score (nSPS) is 11.0. The van der Waals surface area contributed by atoms with Gasteiger partial charge in [0.1, 0.15) is 10.7 Å². The molecule has 2 N–H and O–H groups in total. The molecule has 8 heteroatoms. The monoisotopic (exact) mass is 414 g/mol. The molecule has 0 unspecified atom stereocenters. The van der Waals surface area contributed by atoms with Crippen molar-refractivity contribution in [1.82, 2.24) is 0 Å².